The number of imidazole rings is 1. The monoisotopic (exact) mass is 280 g/mol. The zero-order valence-electron chi connectivity index (χ0n) is 12.7. The van der Waals surface area contributed by atoms with Gasteiger partial charge in [0.1, 0.15) is 11.6 Å². The van der Waals surface area contributed by atoms with Crippen LogP contribution >= 0.6 is 0 Å². The van der Waals surface area contributed by atoms with Crippen LogP contribution in [0.15, 0.2) is 42.5 Å². The number of hydrogen-bond acceptors (Lipinski definition) is 2. The molecule has 21 heavy (non-hydrogen) atoms. The Bertz CT molecular complexity index is 744. The summed E-state index contributed by atoms with van der Waals surface area (Å²) in [4.78, 5) is 8.00. The molecule has 3 heteroatoms. The lowest BCUT2D eigenvalue weighted by atomic mass is 10.2. The molecular formula is C18H20N2O. The maximum atomic E-state index is 5.98. The molecule has 0 saturated heterocycles. The van der Waals surface area contributed by atoms with Crippen molar-refractivity contribution in [2.24, 2.45) is 0 Å². The summed E-state index contributed by atoms with van der Waals surface area (Å²) in [6.07, 6.45) is 0.933. The van der Waals surface area contributed by atoms with Gasteiger partial charge in [0.15, 0.2) is 6.10 Å². The molecule has 3 aromatic rings. The average Bonchev–Trinajstić information content (AvgIpc) is 2.94. The normalized spacial score (nSPS) is 12.5. The third-order valence-corrected chi connectivity index (χ3v) is 3.76. The predicted molar refractivity (Wildman–Crippen MR) is 85.7 cm³/mol. The number of ether oxygens (including phenoxy) is 1. The van der Waals surface area contributed by atoms with E-state index in [0.29, 0.717) is 0 Å². The van der Waals surface area contributed by atoms with E-state index in [4.69, 9.17) is 4.74 Å². The van der Waals surface area contributed by atoms with Gasteiger partial charge in [-0.1, -0.05) is 31.2 Å². The first kappa shape index (κ1) is 13.7. The summed E-state index contributed by atoms with van der Waals surface area (Å²) < 4.78 is 5.98. The van der Waals surface area contributed by atoms with E-state index in [1.54, 1.807) is 0 Å². The summed E-state index contributed by atoms with van der Waals surface area (Å²) in [6, 6.07) is 14.4. The van der Waals surface area contributed by atoms with Gasteiger partial charge in [0.2, 0.25) is 0 Å². The lowest BCUT2D eigenvalue weighted by Crippen LogP contribution is -2.05. The number of fused-ring (bicyclic) bond motifs is 1. The molecule has 108 valence electrons. The molecule has 0 amide bonds. The second-order valence-corrected chi connectivity index (χ2v) is 5.35. The Morgan fingerprint density at radius 1 is 1.14 bits per heavy atom. The number of aromatic amines is 1. The molecule has 1 aromatic heterocycles. The summed E-state index contributed by atoms with van der Waals surface area (Å²) >= 11 is 0. The zero-order valence-corrected chi connectivity index (χ0v) is 12.7. The summed E-state index contributed by atoms with van der Waals surface area (Å²) in [7, 11) is 0. The zero-order chi connectivity index (χ0) is 14.8. The SMILES string of the molecule is CCc1ccc(O[C@H](C)c2nc3c(C)cccc3[nH]2)cc1. The van der Waals surface area contributed by atoms with Crippen molar-refractivity contribution in [1.82, 2.24) is 9.97 Å². The Balaban J connectivity index is 1.82. The van der Waals surface area contributed by atoms with Gasteiger partial charge in [-0.15, -0.1) is 0 Å². The quantitative estimate of drug-likeness (QED) is 0.760. The highest BCUT2D eigenvalue weighted by molar-refractivity contribution is 5.78. The van der Waals surface area contributed by atoms with Gasteiger partial charge in [0.25, 0.3) is 0 Å². The van der Waals surface area contributed by atoms with Crippen LogP contribution in [-0.2, 0) is 6.42 Å². The first-order valence-corrected chi connectivity index (χ1v) is 7.38. The van der Waals surface area contributed by atoms with Crippen LogP contribution < -0.4 is 4.74 Å². The van der Waals surface area contributed by atoms with Gasteiger partial charge in [-0.3, -0.25) is 0 Å². The Morgan fingerprint density at radius 2 is 1.90 bits per heavy atom. The third-order valence-electron chi connectivity index (χ3n) is 3.76. The second-order valence-electron chi connectivity index (χ2n) is 5.35. The van der Waals surface area contributed by atoms with E-state index >= 15 is 0 Å². The van der Waals surface area contributed by atoms with Crippen molar-refractivity contribution in [3.8, 4) is 5.75 Å². The molecule has 3 rings (SSSR count). The molecule has 0 aliphatic rings. The number of nitrogens with one attached hydrogen (secondary N) is 1. The van der Waals surface area contributed by atoms with E-state index in [-0.39, 0.29) is 6.10 Å². The predicted octanol–water partition coefficient (Wildman–Crippen LogP) is 4.57. The largest absolute Gasteiger partial charge is 0.483 e. The van der Waals surface area contributed by atoms with E-state index in [1.165, 1.54) is 11.1 Å². The van der Waals surface area contributed by atoms with Gasteiger partial charge in [0, 0.05) is 0 Å². The number of benzene rings is 2. The van der Waals surface area contributed by atoms with Crippen molar-refractivity contribution in [3.63, 3.8) is 0 Å². The highest BCUT2D eigenvalue weighted by Gasteiger charge is 2.13. The number of para-hydroxylation sites is 1. The van der Waals surface area contributed by atoms with Gasteiger partial charge in [-0.05, 0) is 49.6 Å². The topological polar surface area (TPSA) is 37.9 Å². The average molecular weight is 280 g/mol. The highest BCUT2D eigenvalue weighted by atomic mass is 16.5. The standard InChI is InChI=1S/C18H20N2O/c1-4-14-8-10-15(11-9-14)21-13(3)18-19-16-7-5-6-12(2)17(16)20-18/h5-11,13H,4H2,1-3H3,(H,19,20)/t13-/m1/s1. The van der Waals surface area contributed by atoms with Gasteiger partial charge in [0.05, 0.1) is 11.0 Å². The molecular weight excluding hydrogens is 260 g/mol. The molecule has 0 saturated carbocycles. The van der Waals surface area contributed by atoms with Crippen molar-refractivity contribution in [2.45, 2.75) is 33.3 Å². The summed E-state index contributed by atoms with van der Waals surface area (Å²) in [5.41, 5.74) is 4.56. The van der Waals surface area contributed by atoms with Crippen molar-refractivity contribution >= 4 is 11.0 Å². The van der Waals surface area contributed by atoms with Crippen LogP contribution in [-0.4, -0.2) is 9.97 Å². The number of nitrogens with zero attached hydrogens (tertiary/aromatic N) is 1. The molecule has 1 atom stereocenters. The lowest BCUT2D eigenvalue weighted by Gasteiger charge is -2.12. The molecule has 0 bridgehead atoms. The molecule has 1 heterocycles. The van der Waals surface area contributed by atoms with E-state index in [2.05, 4.69) is 42.0 Å². The number of hydrogen-bond donors (Lipinski definition) is 1. The summed E-state index contributed by atoms with van der Waals surface area (Å²) in [5, 5.41) is 0. The molecule has 0 unspecified atom stereocenters. The fraction of sp³-hybridized carbons (Fsp3) is 0.278. The molecule has 3 nitrogen and oxygen atoms in total. The minimum absolute atomic E-state index is 0.107. The smallest absolute Gasteiger partial charge is 0.153 e. The first-order chi connectivity index (χ1) is 10.2. The van der Waals surface area contributed by atoms with Crippen molar-refractivity contribution in [3.05, 3.63) is 59.4 Å². The van der Waals surface area contributed by atoms with Crippen molar-refractivity contribution in [1.29, 1.82) is 0 Å². The molecule has 2 aromatic carbocycles. The van der Waals surface area contributed by atoms with Crippen molar-refractivity contribution in [2.75, 3.05) is 0 Å². The number of aromatic nitrogens is 2. The third kappa shape index (κ3) is 2.77. The molecule has 1 N–H and O–H groups in total. The molecule has 0 aliphatic heterocycles. The molecule has 0 fully saturated rings. The lowest BCUT2D eigenvalue weighted by molar-refractivity contribution is 0.218. The van der Waals surface area contributed by atoms with Crippen LogP contribution in [0.2, 0.25) is 0 Å². The fourth-order valence-corrected chi connectivity index (χ4v) is 2.45. The van der Waals surface area contributed by atoms with Crippen LogP contribution in [0.1, 0.15) is 36.9 Å². The maximum absolute atomic E-state index is 5.98. The fourth-order valence-electron chi connectivity index (χ4n) is 2.45. The van der Waals surface area contributed by atoms with E-state index < -0.39 is 0 Å². The van der Waals surface area contributed by atoms with Crippen LogP contribution in [0.5, 0.6) is 5.75 Å². The Hall–Kier alpha value is -2.29. The van der Waals surface area contributed by atoms with Crippen LogP contribution in [0.4, 0.5) is 0 Å². The van der Waals surface area contributed by atoms with E-state index in [9.17, 15) is 0 Å². The Morgan fingerprint density at radius 3 is 2.57 bits per heavy atom. The maximum Gasteiger partial charge on any atom is 0.153 e. The van der Waals surface area contributed by atoms with Crippen LogP contribution in [0.25, 0.3) is 11.0 Å². The number of aryl methyl sites for hydroxylation is 2. The van der Waals surface area contributed by atoms with Gasteiger partial charge in [-0.25, -0.2) is 4.98 Å². The molecule has 0 spiro atoms. The molecule has 0 aliphatic carbocycles. The van der Waals surface area contributed by atoms with Gasteiger partial charge in [-0.2, -0.15) is 0 Å². The van der Waals surface area contributed by atoms with Crippen molar-refractivity contribution < 1.29 is 4.74 Å². The Labute approximate surface area is 125 Å². The van der Waals surface area contributed by atoms with Gasteiger partial charge >= 0.3 is 0 Å². The first-order valence-electron chi connectivity index (χ1n) is 7.38. The Kier molecular flexibility index (Phi) is 3.65. The second kappa shape index (κ2) is 5.60. The van der Waals surface area contributed by atoms with Crippen LogP contribution in [0, 0.1) is 6.92 Å². The minimum atomic E-state index is -0.107. The van der Waals surface area contributed by atoms with Crippen LogP contribution in [0.3, 0.4) is 0 Å². The van der Waals surface area contributed by atoms with Gasteiger partial charge < -0.3 is 9.72 Å². The molecule has 0 radical (unpaired) electrons. The van der Waals surface area contributed by atoms with E-state index in [1.807, 2.05) is 31.2 Å². The van der Waals surface area contributed by atoms with E-state index in [0.717, 1.165) is 29.0 Å². The number of rotatable bonds is 4. The summed E-state index contributed by atoms with van der Waals surface area (Å²) in [6.45, 7) is 6.23. The minimum Gasteiger partial charge on any atom is -0.483 e. The summed E-state index contributed by atoms with van der Waals surface area (Å²) in [5.74, 6) is 1.73. The highest BCUT2D eigenvalue weighted by Crippen LogP contribution is 2.23. The number of H-pyrrole nitrogens is 1.